The molecule has 0 spiro atoms. The van der Waals surface area contributed by atoms with E-state index in [4.69, 9.17) is 15.2 Å². The fourth-order valence-corrected chi connectivity index (χ4v) is 1.65. The third kappa shape index (κ3) is 1.83. The van der Waals surface area contributed by atoms with E-state index in [0.29, 0.717) is 17.1 Å². The lowest BCUT2D eigenvalue weighted by Gasteiger charge is -2.12. The van der Waals surface area contributed by atoms with E-state index in [2.05, 4.69) is 15.9 Å². The molecule has 0 unspecified atom stereocenters. The fraction of sp³-hybridized carbons (Fsp3) is 0.333. The average molecular weight is 264 g/mol. The van der Waals surface area contributed by atoms with Gasteiger partial charge in [-0.2, -0.15) is 0 Å². The number of halogens is 2. The molecule has 2 N–H and O–H groups in total. The molecular weight excluding hydrogens is 253 g/mol. The quantitative estimate of drug-likeness (QED) is 0.908. The molecule has 0 saturated heterocycles. The number of rotatable bonds is 3. The zero-order valence-corrected chi connectivity index (χ0v) is 9.52. The summed E-state index contributed by atoms with van der Waals surface area (Å²) in [5.74, 6) is 0.338. The third-order valence-corrected chi connectivity index (χ3v) is 2.62. The molecule has 1 aromatic carbocycles. The zero-order chi connectivity index (χ0) is 10.7. The van der Waals surface area contributed by atoms with Crippen molar-refractivity contribution >= 4 is 15.9 Å². The molecule has 0 radical (unpaired) electrons. The Morgan fingerprint density at radius 1 is 1.36 bits per heavy atom. The summed E-state index contributed by atoms with van der Waals surface area (Å²) in [5.41, 5.74) is 5.74. The van der Waals surface area contributed by atoms with Gasteiger partial charge in [0.2, 0.25) is 0 Å². The van der Waals surface area contributed by atoms with Crippen molar-refractivity contribution in [2.75, 3.05) is 14.2 Å². The number of nitrogens with two attached hydrogens (primary N) is 1. The molecule has 0 aliphatic rings. The van der Waals surface area contributed by atoms with Gasteiger partial charge in [0.1, 0.15) is 17.3 Å². The lowest BCUT2D eigenvalue weighted by Crippen LogP contribution is -2.04. The lowest BCUT2D eigenvalue weighted by molar-refractivity contribution is 0.381. The van der Waals surface area contributed by atoms with Crippen LogP contribution in [0.2, 0.25) is 0 Å². The van der Waals surface area contributed by atoms with Gasteiger partial charge in [-0.25, -0.2) is 4.39 Å². The van der Waals surface area contributed by atoms with Gasteiger partial charge in [-0.05, 0) is 15.9 Å². The van der Waals surface area contributed by atoms with Gasteiger partial charge in [0.25, 0.3) is 0 Å². The van der Waals surface area contributed by atoms with Gasteiger partial charge in [-0.1, -0.05) is 0 Å². The molecule has 78 valence electrons. The number of ether oxygens (including phenoxy) is 2. The monoisotopic (exact) mass is 263 g/mol. The van der Waals surface area contributed by atoms with Crippen molar-refractivity contribution in [1.29, 1.82) is 0 Å². The Kier molecular flexibility index (Phi) is 3.71. The topological polar surface area (TPSA) is 44.5 Å². The summed E-state index contributed by atoms with van der Waals surface area (Å²) in [6, 6.07) is 1.59. The van der Waals surface area contributed by atoms with Crippen LogP contribution in [-0.2, 0) is 6.54 Å². The highest BCUT2D eigenvalue weighted by atomic mass is 79.9. The average Bonchev–Trinajstić information content (AvgIpc) is 2.21. The van der Waals surface area contributed by atoms with Gasteiger partial charge in [0.05, 0.1) is 18.7 Å². The van der Waals surface area contributed by atoms with Gasteiger partial charge < -0.3 is 15.2 Å². The SMILES string of the molecule is COc1cc(OC)c(CN)c(F)c1Br. The second-order valence-corrected chi connectivity index (χ2v) is 3.38. The summed E-state index contributed by atoms with van der Waals surface area (Å²) in [6.07, 6.45) is 0. The number of hydrogen-bond acceptors (Lipinski definition) is 3. The van der Waals surface area contributed by atoms with E-state index < -0.39 is 5.82 Å². The van der Waals surface area contributed by atoms with Crippen LogP contribution in [0.25, 0.3) is 0 Å². The lowest BCUT2D eigenvalue weighted by atomic mass is 10.2. The molecule has 0 saturated carbocycles. The van der Waals surface area contributed by atoms with Crippen molar-refractivity contribution in [2.45, 2.75) is 6.54 Å². The van der Waals surface area contributed by atoms with E-state index in [1.165, 1.54) is 14.2 Å². The van der Waals surface area contributed by atoms with Crippen LogP contribution in [0.1, 0.15) is 5.56 Å². The molecule has 0 heterocycles. The van der Waals surface area contributed by atoms with Gasteiger partial charge >= 0.3 is 0 Å². The first kappa shape index (κ1) is 11.3. The molecule has 1 aromatic rings. The van der Waals surface area contributed by atoms with Gasteiger partial charge in [-0.15, -0.1) is 0 Å². The molecule has 0 aliphatic heterocycles. The maximum absolute atomic E-state index is 13.6. The molecular formula is C9H11BrFNO2. The van der Waals surface area contributed by atoms with Crippen LogP contribution in [0, 0.1) is 5.82 Å². The fourth-order valence-electron chi connectivity index (χ4n) is 1.14. The van der Waals surface area contributed by atoms with Crippen LogP contribution in [0.4, 0.5) is 4.39 Å². The Morgan fingerprint density at radius 3 is 2.36 bits per heavy atom. The Balaban J connectivity index is 3.38. The minimum absolute atomic E-state index is 0.0810. The van der Waals surface area contributed by atoms with Gasteiger partial charge in [-0.3, -0.25) is 0 Å². The second-order valence-electron chi connectivity index (χ2n) is 2.59. The van der Waals surface area contributed by atoms with Gasteiger partial charge in [0, 0.05) is 18.2 Å². The molecule has 0 atom stereocenters. The molecule has 14 heavy (non-hydrogen) atoms. The molecule has 3 nitrogen and oxygen atoms in total. The Bertz CT molecular complexity index is 344. The van der Waals surface area contributed by atoms with E-state index in [0.717, 1.165) is 0 Å². The van der Waals surface area contributed by atoms with Gasteiger partial charge in [0.15, 0.2) is 0 Å². The van der Waals surface area contributed by atoms with E-state index in [1.807, 2.05) is 0 Å². The summed E-state index contributed by atoms with van der Waals surface area (Å²) in [5, 5.41) is 0. The number of hydrogen-bond donors (Lipinski definition) is 1. The first-order valence-corrected chi connectivity index (χ1v) is 4.73. The van der Waals surface area contributed by atoms with E-state index in [1.54, 1.807) is 6.07 Å². The summed E-state index contributed by atoms with van der Waals surface area (Å²) in [7, 11) is 2.92. The molecule has 5 heteroatoms. The maximum Gasteiger partial charge on any atom is 0.149 e. The molecule has 1 rings (SSSR count). The normalized spacial score (nSPS) is 10.1. The van der Waals surface area contributed by atoms with Crippen molar-refractivity contribution in [1.82, 2.24) is 0 Å². The largest absolute Gasteiger partial charge is 0.496 e. The Morgan fingerprint density at radius 2 is 1.93 bits per heavy atom. The molecule has 0 aromatic heterocycles. The maximum atomic E-state index is 13.6. The summed E-state index contributed by atoms with van der Waals surface area (Å²) < 4.78 is 23.8. The molecule has 0 bridgehead atoms. The standard InChI is InChI=1S/C9H11BrFNO2/c1-13-6-3-7(14-2)8(10)9(11)5(6)4-12/h3H,4,12H2,1-2H3. The summed E-state index contributed by atoms with van der Waals surface area (Å²) >= 11 is 3.08. The highest BCUT2D eigenvalue weighted by molar-refractivity contribution is 9.10. The number of methoxy groups -OCH3 is 2. The first-order valence-electron chi connectivity index (χ1n) is 3.94. The predicted octanol–water partition coefficient (Wildman–Crippen LogP) is 2.06. The van der Waals surface area contributed by atoms with Crippen LogP contribution in [0.5, 0.6) is 11.5 Å². The summed E-state index contributed by atoms with van der Waals surface area (Å²) in [4.78, 5) is 0. The Labute approximate surface area is 90.1 Å². The molecule has 0 amide bonds. The smallest absolute Gasteiger partial charge is 0.149 e. The van der Waals surface area contributed by atoms with Crippen molar-refractivity contribution in [3.05, 3.63) is 21.9 Å². The third-order valence-electron chi connectivity index (χ3n) is 1.88. The second kappa shape index (κ2) is 4.61. The van der Waals surface area contributed by atoms with Crippen molar-refractivity contribution in [3.8, 4) is 11.5 Å². The van der Waals surface area contributed by atoms with Crippen LogP contribution in [0.3, 0.4) is 0 Å². The highest BCUT2D eigenvalue weighted by Gasteiger charge is 2.16. The first-order chi connectivity index (χ1) is 6.65. The zero-order valence-electron chi connectivity index (χ0n) is 7.93. The van der Waals surface area contributed by atoms with E-state index in [9.17, 15) is 4.39 Å². The van der Waals surface area contributed by atoms with Crippen LogP contribution < -0.4 is 15.2 Å². The minimum Gasteiger partial charge on any atom is -0.496 e. The van der Waals surface area contributed by atoms with Crippen molar-refractivity contribution in [2.24, 2.45) is 5.73 Å². The molecule has 0 fully saturated rings. The number of benzene rings is 1. The van der Waals surface area contributed by atoms with Crippen molar-refractivity contribution < 1.29 is 13.9 Å². The minimum atomic E-state index is -0.441. The summed E-state index contributed by atoms with van der Waals surface area (Å²) in [6.45, 7) is 0.0810. The van der Waals surface area contributed by atoms with E-state index >= 15 is 0 Å². The van der Waals surface area contributed by atoms with Crippen LogP contribution in [0.15, 0.2) is 10.5 Å². The predicted molar refractivity (Wildman–Crippen MR) is 55.1 cm³/mol. The molecule has 0 aliphatic carbocycles. The van der Waals surface area contributed by atoms with Crippen molar-refractivity contribution in [3.63, 3.8) is 0 Å². The van der Waals surface area contributed by atoms with Crippen LogP contribution >= 0.6 is 15.9 Å². The highest BCUT2D eigenvalue weighted by Crippen LogP contribution is 2.35. The van der Waals surface area contributed by atoms with E-state index in [-0.39, 0.29) is 11.0 Å². The Hall–Kier alpha value is -0.810. The van der Waals surface area contributed by atoms with Crippen LogP contribution in [-0.4, -0.2) is 14.2 Å².